The Balaban J connectivity index is 1.39. The third-order valence-corrected chi connectivity index (χ3v) is 7.40. The van der Waals surface area contributed by atoms with Crippen molar-refractivity contribution in [3.05, 3.63) is 53.3 Å². The van der Waals surface area contributed by atoms with Crippen LogP contribution < -0.4 is 5.32 Å². The number of thioether (sulfide) groups is 1. The van der Waals surface area contributed by atoms with Gasteiger partial charge in [-0.25, -0.2) is 0 Å². The van der Waals surface area contributed by atoms with E-state index in [-0.39, 0.29) is 5.78 Å². The maximum Gasteiger partial charge on any atom is 0.206 e. The van der Waals surface area contributed by atoms with Crippen LogP contribution in [0.1, 0.15) is 53.8 Å². The highest BCUT2D eigenvalue weighted by atomic mass is 32.2. The van der Waals surface area contributed by atoms with E-state index in [0.717, 1.165) is 32.1 Å². The molecular formula is C22H26N4OS2. The van der Waals surface area contributed by atoms with E-state index in [1.54, 1.807) is 11.3 Å². The highest BCUT2D eigenvalue weighted by Crippen LogP contribution is 2.29. The number of benzene rings is 1. The van der Waals surface area contributed by atoms with Gasteiger partial charge in [0.2, 0.25) is 5.13 Å². The molecule has 1 fully saturated rings. The van der Waals surface area contributed by atoms with Crippen LogP contribution in [0.4, 0.5) is 5.13 Å². The van der Waals surface area contributed by atoms with Crippen LogP contribution in [-0.2, 0) is 0 Å². The highest BCUT2D eigenvalue weighted by Gasteiger charge is 2.19. The van der Waals surface area contributed by atoms with Crippen molar-refractivity contribution in [2.45, 2.75) is 56.3 Å². The number of aromatic nitrogens is 3. The molecule has 29 heavy (non-hydrogen) atoms. The standard InChI is InChI=1S/C22H26N4OS2/c1-15-13-19(16(2)26(15)18-11-7-4-8-12-18)20(27)14-28-22-25-24-21(29-22)23-17-9-5-3-6-10-17/h4,7-8,11-13,17H,3,5-6,9-10,14H2,1-2H3,(H,23,24). The minimum Gasteiger partial charge on any atom is -0.357 e. The summed E-state index contributed by atoms with van der Waals surface area (Å²) in [6, 6.07) is 12.6. The van der Waals surface area contributed by atoms with Gasteiger partial charge in [-0.05, 0) is 44.9 Å². The van der Waals surface area contributed by atoms with Gasteiger partial charge < -0.3 is 9.88 Å². The molecule has 1 aliphatic rings. The molecular weight excluding hydrogens is 400 g/mol. The maximum atomic E-state index is 12.9. The second-order valence-corrected chi connectivity index (χ2v) is 9.72. The number of para-hydroxylation sites is 1. The number of anilines is 1. The summed E-state index contributed by atoms with van der Waals surface area (Å²) >= 11 is 3.02. The fourth-order valence-corrected chi connectivity index (χ4v) is 5.68. The number of nitrogens with zero attached hydrogens (tertiary/aromatic N) is 3. The first-order valence-corrected chi connectivity index (χ1v) is 11.9. The molecule has 0 amide bonds. The van der Waals surface area contributed by atoms with Gasteiger partial charge in [-0.15, -0.1) is 10.2 Å². The topological polar surface area (TPSA) is 59.8 Å². The molecule has 0 bridgehead atoms. The van der Waals surface area contributed by atoms with Gasteiger partial charge in [0.05, 0.1) is 5.75 Å². The largest absolute Gasteiger partial charge is 0.357 e. The smallest absolute Gasteiger partial charge is 0.206 e. The molecule has 1 aliphatic carbocycles. The molecule has 3 aromatic rings. The Labute approximate surface area is 179 Å². The first-order valence-electron chi connectivity index (χ1n) is 10.1. The van der Waals surface area contributed by atoms with Crippen molar-refractivity contribution < 1.29 is 4.79 Å². The first kappa shape index (κ1) is 20.2. The Morgan fingerprint density at radius 1 is 1.17 bits per heavy atom. The zero-order chi connectivity index (χ0) is 20.2. The molecule has 0 spiro atoms. The van der Waals surface area contributed by atoms with Gasteiger partial charge in [-0.3, -0.25) is 4.79 Å². The van der Waals surface area contributed by atoms with Crippen LogP contribution in [-0.4, -0.2) is 32.3 Å². The Morgan fingerprint density at radius 2 is 1.93 bits per heavy atom. The maximum absolute atomic E-state index is 12.9. The van der Waals surface area contributed by atoms with Crippen LogP contribution in [0.25, 0.3) is 5.69 Å². The van der Waals surface area contributed by atoms with E-state index in [2.05, 4.69) is 32.2 Å². The molecule has 152 valence electrons. The van der Waals surface area contributed by atoms with Crippen LogP contribution in [0.5, 0.6) is 0 Å². The van der Waals surface area contributed by atoms with Crippen LogP contribution in [0.3, 0.4) is 0 Å². The predicted molar refractivity (Wildman–Crippen MR) is 121 cm³/mol. The summed E-state index contributed by atoms with van der Waals surface area (Å²) in [4.78, 5) is 12.9. The van der Waals surface area contributed by atoms with Crippen LogP contribution in [0.15, 0.2) is 40.7 Å². The van der Waals surface area contributed by atoms with Gasteiger partial charge in [0.25, 0.3) is 0 Å². The van der Waals surface area contributed by atoms with E-state index in [9.17, 15) is 4.79 Å². The van der Waals surface area contributed by atoms with Crippen LogP contribution in [0, 0.1) is 13.8 Å². The van der Waals surface area contributed by atoms with E-state index in [1.807, 2.05) is 38.1 Å². The second kappa shape index (κ2) is 9.13. The van der Waals surface area contributed by atoms with E-state index in [4.69, 9.17) is 0 Å². The number of ketones is 1. The summed E-state index contributed by atoms with van der Waals surface area (Å²) in [5.74, 6) is 0.499. The molecule has 2 heterocycles. The highest BCUT2D eigenvalue weighted by molar-refractivity contribution is 8.01. The lowest BCUT2D eigenvalue weighted by molar-refractivity contribution is 0.102. The summed E-state index contributed by atoms with van der Waals surface area (Å²) in [7, 11) is 0. The Bertz CT molecular complexity index is 974. The van der Waals surface area contributed by atoms with Crippen molar-refractivity contribution in [2.75, 3.05) is 11.1 Å². The number of rotatable bonds is 7. The summed E-state index contributed by atoms with van der Waals surface area (Å²) < 4.78 is 2.98. The average molecular weight is 427 g/mol. The number of Topliss-reactive ketones (excluding diaryl/α,β-unsaturated/α-hetero) is 1. The molecule has 0 aliphatic heterocycles. The summed E-state index contributed by atoms with van der Waals surface area (Å²) in [5.41, 5.74) is 3.91. The summed E-state index contributed by atoms with van der Waals surface area (Å²) in [5, 5.41) is 12.9. The molecule has 5 nitrogen and oxygen atoms in total. The lowest BCUT2D eigenvalue weighted by Gasteiger charge is -2.21. The molecule has 0 atom stereocenters. The molecule has 1 aromatic carbocycles. The van der Waals surface area contributed by atoms with Crippen molar-refractivity contribution in [1.82, 2.24) is 14.8 Å². The van der Waals surface area contributed by atoms with Crippen molar-refractivity contribution >= 4 is 34.0 Å². The minimum atomic E-state index is 0.127. The van der Waals surface area contributed by atoms with E-state index in [0.29, 0.717) is 11.8 Å². The SMILES string of the molecule is Cc1cc(C(=O)CSc2nnc(NC3CCCCC3)s2)c(C)n1-c1ccccc1. The zero-order valence-corrected chi connectivity index (χ0v) is 18.5. The van der Waals surface area contributed by atoms with Crippen LogP contribution in [0.2, 0.25) is 0 Å². The van der Waals surface area contributed by atoms with Gasteiger partial charge >= 0.3 is 0 Å². The second-order valence-electron chi connectivity index (χ2n) is 7.52. The molecule has 7 heteroatoms. The van der Waals surface area contributed by atoms with Crippen molar-refractivity contribution in [1.29, 1.82) is 0 Å². The number of carbonyl (C=O) groups is 1. The van der Waals surface area contributed by atoms with Gasteiger partial charge in [0.15, 0.2) is 10.1 Å². The molecule has 0 saturated heterocycles. The minimum absolute atomic E-state index is 0.127. The zero-order valence-electron chi connectivity index (χ0n) is 16.9. The Hall–Kier alpha value is -2.12. The summed E-state index contributed by atoms with van der Waals surface area (Å²) in [6.07, 6.45) is 6.32. The number of carbonyl (C=O) groups excluding carboxylic acids is 1. The molecule has 4 rings (SSSR count). The average Bonchev–Trinajstić information content (AvgIpc) is 3.31. The normalized spacial score (nSPS) is 14.8. The van der Waals surface area contributed by atoms with Gasteiger partial charge in [-0.1, -0.05) is 60.6 Å². The quantitative estimate of drug-likeness (QED) is 0.390. The number of hydrogen-bond acceptors (Lipinski definition) is 6. The van der Waals surface area contributed by atoms with Crippen LogP contribution >= 0.6 is 23.1 Å². The van der Waals surface area contributed by atoms with Crippen molar-refractivity contribution in [3.8, 4) is 5.69 Å². The fraction of sp³-hybridized carbons (Fsp3) is 0.409. The summed E-state index contributed by atoms with van der Waals surface area (Å²) in [6.45, 7) is 4.05. The molecule has 1 saturated carbocycles. The lowest BCUT2D eigenvalue weighted by Crippen LogP contribution is -2.21. The number of nitrogens with one attached hydrogen (secondary N) is 1. The third kappa shape index (κ3) is 4.73. The van der Waals surface area contributed by atoms with Gasteiger partial charge in [0.1, 0.15) is 0 Å². The Kier molecular flexibility index (Phi) is 6.35. The lowest BCUT2D eigenvalue weighted by atomic mass is 9.96. The third-order valence-electron chi connectivity index (χ3n) is 5.41. The molecule has 2 aromatic heterocycles. The number of aryl methyl sites for hydroxylation is 1. The molecule has 0 radical (unpaired) electrons. The van der Waals surface area contributed by atoms with E-state index < -0.39 is 0 Å². The fourth-order valence-electron chi connectivity index (χ4n) is 3.97. The number of hydrogen-bond donors (Lipinski definition) is 1. The monoisotopic (exact) mass is 426 g/mol. The predicted octanol–water partition coefficient (Wildman–Crippen LogP) is 5.67. The first-order chi connectivity index (χ1) is 14.1. The Morgan fingerprint density at radius 3 is 2.69 bits per heavy atom. The van der Waals surface area contributed by atoms with Crippen molar-refractivity contribution in [3.63, 3.8) is 0 Å². The van der Waals surface area contributed by atoms with Gasteiger partial charge in [-0.2, -0.15) is 0 Å². The van der Waals surface area contributed by atoms with E-state index in [1.165, 1.54) is 43.9 Å². The van der Waals surface area contributed by atoms with Gasteiger partial charge in [0, 0.05) is 28.7 Å². The molecule has 0 unspecified atom stereocenters. The van der Waals surface area contributed by atoms with E-state index >= 15 is 0 Å². The van der Waals surface area contributed by atoms with Crippen molar-refractivity contribution in [2.24, 2.45) is 0 Å². The molecule has 1 N–H and O–H groups in total.